The molecule has 3 saturated carbocycles. The van der Waals surface area contributed by atoms with E-state index < -0.39 is 62.6 Å². The molecule has 5 aliphatic rings. The number of amides is 3. The Bertz CT molecular complexity index is 1790. The summed E-state index contributed by atoms with van der Waals surface area (Å²) in [6.45, 7) is 4.13. The Morgan fingerprint density at radius 1 is 1.04 bits per heavy atom. The fourth-order valence-electron chi connectivity index (χ4n) is 8.05. The van der Waals surface area contributed by atoms with E-state index in [4.69, 9.17) is 9.47 Å². The number of rotatable bonds is 7. The summed E-state index contributed by atoms with van der Waals surface area (Å²) in [6.07, 6.45) is 10.7. The summed E-state index contributed by atoms with van der Waals surface area (Å²) >= 11 is 0. The molecule has 13 heteroatoms. The number of hydrogen-bond donors (Lipinski definition) is 2. The average molecular weight is 707 g/mol. The van der Waals surface area contributed by atoms with Crippen molar-refractivity contribution in [1.82, 2.24) is 19.9 Å². The zero-order chi connectivity index (χ0) is 35.0. The van der Waals surface area contributed by atoms with E-state index >= 15 is 0 Å². The Balaban J connectivity index is 1.21. The topological polar surface area (TPSA) is 161 Å². The van der Waals surface area contributed by atoms with Gasteiger partial charge in [0.15, 0.2) is 0 Å². The van der Waals surface area contributed by atoms with Crippen molar-refractivity contribution in [2.45, 2.75) is 106 Å². The molecule has 0 unspecified atom stereocenters. The third-order valence-corrected chi connectivity index (χ3v) is 13.0. The van der Waals surface area contributed by atoms with Gasteiger partial charge in [-0.3, -0.25) is 23.9 Å². The highest BCUT2D eigenvalue weighted by Crippen LogP contribution is 2.46. The summed E-state index contributed by atoms with van der Waals surface area (Å²) in [6, 6.07) is 7.00. The Labute approximate surface area is 292 Å². The number of nitrogens with one attached hydrogen (secondary N) is 2. The summed E-state index contributed by atoms with van der Waals surface area (Å²) in [4.78, 5) is 61.7. The van der Waals surface area contributed by atoms with Gasteiger partial charge in [-0.1, -0.05) is 37.5 Å². The number of esters is 1. The van der Waals surface area contributed by atoms with Gasteiger partial charge in [0.1, 0.15) is 17.7 Å². The van der Waals surface area contributed by atoms with E-state index in [9.17, 15) is 27.6 Å². The van der Waals surface area contributed by atoms with Crippen LogP contribution < -0.4 is 14.8 Å². The number of hydrogen-bond acceptors (Lipinski definition) is 9. The van der Waals surface area contributed by atoms with E-state index in [-0.39, 0.29) is 44.2 Å². The first-order valence-corrected chi connectivity index (χ1v) is 19.6. The van der Waals surface area contributed by atoms with Crippen molar-refractivity contribution < 1.29 is 37.1 Å². The van der Waals surface area contributed by atoms with E-state index in [0.717, 1.165) is 61.3 Å². The zero-order valence-corrected chi connectivity index (χ0v) is 29.1. The molecule has 0 radical (unpaired) electrons. The van der Waals surface area contributed by atoms with Gasteiger partial charge in [0.2, 0.25) is 27.7 Å². The predicted octanol–water partition coefficient (Wildman–Crippen LogP) is 3.72. The predicted molar refractivity (Wildman–Crippen MR) is 184 cm³/mol. The average Bonchev–Trinajstić information content (AvgIpc) is 4.04. The highest BCUT2D eigenvalue weighted by molar-refractivity contribution is 7.91. The quantitative estimate of drug-likeness (QED) is 0.323. The van der Waals surface area contributed by atoms with Gasteiger partial charge in [-0.05, 0) is 80.4 Å². The normalized spacial score (nSPS) is 29.5. The molecule has 3 aliphatic carbocycles. The standard InChI is InChI=1S/C37H46N4O8S/c1-2-26-21-37(26,36(45)40-50(46,47)28-13-14-28)39-33(43)31-19-27-22-41(31)35(44)30(24-9-4-3-5-10-24)20-32(42)48-17-7-6-8-23-11-12-25-15-16-38-34(49-27)29(25)18-23/h2,11-12,15-16,18,24,26-28,30-31H,1,3-10,13-14,17,19-22H2,(H,39,43)(H,40,45)/t26-,27+,30-,31-,37+/m0/s1. The Hall–Kier alpha value is -4.00. The molecule has 7 rings (SSSR count). The molecule has 3 heterocycles. The number of sulfonamides is 1. The molecule has 12 nitrogen and oxygen atoms in total. The second-order valence-corrected chi connectivity index (χ2v) is 16.7. The third-order valence-electron chi connectivity index (χ3n) is 11.2. The maximum atomic E-state index is 14.6. The Morgan fingerprint density at radius 3 is 2.58 bits per heavy atom. The highest BCUT2D eigenvalue weighted by Gasteiger charge is 2.62. The minimum Gasteiger partial charge on any atom is -0.472 e. The number of ether oxygens (including phenoxy) is 2. The summed E-state index contributed by atoms with van der Waals surface area (Å²) in [5.74, 6) is -2.91. The van der Waals surface area contributed by atoms with Crippen LogP contribution in [0.2, 0.25) is 0 Å². The van der Waals surface area contributed by atoms with Crippen molar-refractivity contribution in [2.75, 3.05) is 13.2 Å². The molecule has 2 N–H and O–H groups in total. The summed E-state index contributed by atoms with van der Waals surface area (Å²) in [7, 11) is -3.86. The van der Waals surface area contributed by atoms with Crippen LogP contribution in [0.4, 0.5) is 0 Å². The first kappa shape index (κ1) is 34.4. The van der Waals surface area contributed by atoms with Gasteiger partial charge < -0.3 is 19.7 Å². The van der Waals surface area contributed by atoms with Crippen LogP contribution in [-0.4, -0.2) is 78.1 Å². The van der Waals surface area contributed by atoms with Gasteiger partial charge in [0.05, 0.1) is 30.7 Å². The lowest BCUT2D eigenvalue weighted by Crippen LogP contribution is -2.57. The molecule has 268 valence electrons. The van der Waals surface area contributed by atoms with Crippen molar-refractivity contribution in [3.8, 4) is 5.88 Å². The van der Waals surface area contributed by atoms with Crippen LogP contribution >= 0.6 is 0 Å². The first-order valence-electron chi connectivity index (χ1n) is 18.1. The SMILES string of the molecule is C=C[C@H]1C[C@]1(NC(=O)[C@@H]1C[C@@H]2CN1C(=O)[C@H](C1CCCCC1)CC(=O)OCCCCc1ccc3ccnc(c3c1)O2)C(=O)NS(=O)(=O)C1CC1. The number of pyridine rings is 1. The van der Waals surface area contributed by atoms with Crippen LogP contribution in [0, 0.1) is 17.8 Å². The Morgan fingerprint density at radius 2 is 1.84 bits per heavy atom. The molecule has 4 fully saturated rings. The van der Waals surface area contributed by atoms with Gasteiger partial charge >= 0.3 is 5.97 Å². The molecule has 0 spiro atoms. The number of cyclic esters (lactones) is 1. The summed E-state index contributed by atoms with van der Waals surface area (Å²) < 4.78 is 39.7. The monoisotopic (exact) mass is 706 g/mol. The highest BCUT2D eigenvalue weighted by atomic mass is 32.2. The second kappa shape index (κ2) is 14.0. The van der Waals surface area contributed by atoms with Crippen LogP contribution in [0.15, 0.2) is 43.1 Å². The van der Waals surface area contributed by atoms with Crippen LogP contribution in [-0.2, 0) is 40.4 Å². The van der Waals surface area contributed by atoms with E-state index in [2.05, 4.69) is 27.7 Å². The van der Waals surface area contributed by atoms with E-state index in [1.165, 1.54) is 11.0 Å². The molecule has 50 heavy (non-hydrogen) atoms. The number of aromatic nitrogens is 1. The van der Waals surface area contributed by atoms with Gasteiger partial charge in [0.25, 0.3) is 5.91 Å². The number of benzene rings is 1. The van der Waals surface area contributed by atoms with Gasteiger partial charge in [-0.15, -0.1) is 6.58 Å². The minimum atomic E-state index is -3.86. The smallest absolute Gasteiger partial charge is 0.306 e. The summed E-state index contributed by atoms with van der Waals surface area (Å²) in [5, 5.41) is 4.01. The molecule has 5 atom stereocenters. The lowest BCUT2D eigenvalue weighted by molar-refractivity contribution is -0.152. The number of fused-ring (bicyclic) bond motifs is 3. The molecule has 2 aliphatic heterocycles. The molecule has 3 amide bonds. The van der Waals surface area contributed by atoms with Crippen LogP contribution in [0.1, 0.15) is 82.6 Å². The second-order valence-electron chi connectivity index (χ2n) is 14.7. The van der Waals surface area contributed by atoms with Gasteiger partial charge in [-0.25, -0.2) is 13.4 Å². The van der Waals surface area contributed by atoms with Crippen LogP contribution in [0.3, 0.4) is 0 Å². The molecule has 4 bridgehead atoms. The van der Waals surface area contributed by atoms with Crippen molar-refractivity contribution in [3.63, 3.8) is 0 Å². The van der Waals surface area contributed by atoms with Gasteiger partial charge in [-0.2, -0.15) is 0 Å². The van der Waals surface area contributed by atoms with E-state index in [1.54, 1.807) is 6.20 Å². The van der Waals surface area contributed by atoms with Crippen molar-refractivity contribution in [3.05, 3.63) is 48.7 Å². The molecular weight excluding hydrogens is 660 g/mol. The molecular formula is C37H46N4O8S. The van der Waals surface area contributed by atoms with E-state index in [1.807, 2.05) is 18.2 Å². The number of nitrogens with zero attached hydrogens (tertiary/aromatic N) is 2. The number of aryl methyl sites for hydroxylation is 1. The van der Waals surface area contributed by atoms with Crippen LogP contribution in [0.5, 0.6) is 5.88 Å². The largest absolute Gasteiger partial charge is 0.472 e. The fraction of sp³-hybridized carbons (Fsp3) is 0.595. The van der Waals surface area contributed by atoms with Crippen molar-refractivity contribution >= 4 is 44.5 Å². The number of carbonyl (C=O) groups is 4. The molecule has 2 aromatic rings. The van der Waals surface area contributed by atoms with Crippen molar-refractivity contribution in [1.29, 1.82) is 0 Å². The first-order chi connectivity index (χ1) is 24.1. The lowest BCUT2D eigenvalue weighted by atomic mass is 9.77. The Kier molecular flexibility index (Phi) is 9.62. The van der Waals surface area contributed by atoms with E-state index in [0.29, 0.717) is 25.1 Å². The lowest BCUT2D eigenvalue weighted by Gasteiger charge is -2.34. The maximum absolute atomic E-state index is 14.6. The molecule has 1 aromatic carbocycles. The molecule has 1 aromatic heterocycles. The zero-order valence-electron chi connectivity index (χ0n) is 28.3. The number of carbonyl (C=O) groups excluding carboxylic acids is 4. The minimum absolute atomic E-state index is 0.0372. The maximum Gasteiger partial charge on any atom is 0.306 e. The molecule has 1 saturated heterocycles. The summed E-state index contributed by atoms with van der Waals surface area (Å²) in [5.41, 5.74) is -0.403. The fourth-order valence-corrected chi connectivity index (χ4v) is 9.41. The third kappa shape index (κ3) is 7.11. The van der Waals surface area contributed by atoms with Gasteiger partial charge in [0, 0.05) is 23.9 Å². The van der Waals surface area contributed by atoms with Crippen molar-refractivity contribution in [2.24, 2.45) is 17.8 Å². The van der Waals surface area contributed by atoms with Crippen LogP contribution in [0.25, 0.3) is 10.8 Å².